The fourth-order valence-corrected chi connectivity index (χ4v) is 3.09. The topological polar surface area (TPSA) is 112 Å². The summed E-state index contributed by atoms with van der Waals surface area (Å²) in [5.41, 5.74) is 7.40. The Morgan fingerprint density at radius 1 is 1.03 bits per heavy atom. The Hall–Kier alpha value is -3.81. The quantitative estimate of drug-likeness (QED) is 0.446. The van der Waals surface area contributed by atoms with Crippen molar-refractivity contribution in [1.82, 2.24) is 21.2 Å². The number of aryl methyl sites for hydroxylation is 1. The predicted octanol–water partition coefficient (Wildman–Crippen LogP) is 1.75. The molecule has 1 unspecified atom stereocenters. The standard InChI is InChI=1S/C22H24N4O4/c1-14-7-3-6-10-20(14)30-13-21(28)25-26-22(29)19(24-15(2)27)11-16-12-23-18-9-5-4-8-17(16)18/h3-10,12,19,23H,11,13H2,1-2H3,(H,24,27)(H,25,28)(H,26,29). The second kappa shape index (κ2) is 9.60. The molecule has 3 aromatic rings. The summed E-state index contributed by atoms with van der Waals surface area (Å²) in [7, 11) is 0. The normalized spacial score (nSPS) is 11.5. The van der Waals surface area contributed by atoms with Gasteiger partial charge in [-0.1, -0.05) is 36.4 Å². The molecule has 3 amide bonds. The predicted molar refractivity (Wildman–Crippen MR) is 113 cm³/mol. The van der Waals surface area contributed by atoms with E-state index in [2.05, 4.69) is 21.2 Å². The summed E-state index contributed by atoms with van der Waals surface area (Å²) in [6, 6.07) is 14.2. The second-order valence-corrected chi connectivity index (χ2v) is 6.91. The lowest BCUT2D eigenvalue weighted by Crippen LogP contribution is -2.53. The first-order chi connectivity index (χ1) is 14.4. The van der Waals surface area contributed by atoms with Crippen molar-refractivity contribution in [3.63, 3.8) is 0 Å². The summed E-state index contributed by atoms with van der Waals surface area (Å²) in [6.07, 6.45) is 2.08. The number of H-pyrrole nitrogens is 1. The third-order valence-corrected chi connectivity index (χ3v) is 4.57. The molecule has 1 heterocycles. The van der Waals surface area contributed by atoms with Gasteiger partial charge in [0.15, 0.2) is 6.61 Å². The molecule has 8 nitrogen and oxygen atoms in total. The van der Waals surface area contributed by atoms with Gasteiger partial charge in [0.25, 0.3) is 11.8 Å². The van der Waals surface area contributed by atoms with Crippen LogP contribution in [-0.2, 0) is 20.8 Å². The summed E-state index contributed by atoms with van der Waals surface area (Å²) in [5, 5.41) is 3.59. The molecule has 0 saturated heterocycles. The van der Waals surface area contributed by atoms with E-state index in [4.69, 9.17) is 4.74 Å². The molecule has 0 fully saturated rings. The minimum absolute atomic E-state index is 0.252. The van der Waals surface area contributed by atoms with E-state index in [1.54, 1.807) is 12.3 Å². The van der Waals surface area contributed by atoms with Crippen molar-refractivity contribution < 1.29 is 19.1 Å². The smallest absolute Gasteiger partial charge is 0.276 e. The first kappa shape index (κ1) is 20.9. The highest BCUT2D eigenvalue weighted by molar-refractivity contribution is 5.90. The van der Waals surface area contributed by atoms with Crippen LogP contribution in [0.15, 0.2) is 54.7 Å². The molecule has 3 rings (SSSR count). The van der Waals surface area contributed by atoms with Gasteiger partial charge in [0.05, 0.1) is 0 Å². The minimum atomic E-state index is -0.848. The van der Waals surface area contributed by atoms with E-state index in [9.17, 15) is 14.4 Å². The number of para-hydroxylation sites is 2. The number of carbonyl (C=O) groups excluding carboxylic acids is 3. The lowest BCUT2D eigenvalue weighted by molar-refractivity contribution is -0.132. The Labute approximate surface area is 174 Å². The number of nitrogens with one attached hydrogen (secondary N) is 4. The van der Waals surface area contributed by atoms with Crippen LogP contribution in [0.3, 0.4) is 0 Å². The van der Waals surface area contributed by atoms with Gasteiger partial charge >= 0.3 is 0 Å². The minimum Gasteiger partial charge on any atom is -0.483 e. The van der Waals surface area contributed by atoms with Gasteiger partial charge in [0.2, 0.25) is 5.91 Å². The molecule has 0 aliphatic rings. The molecular weight excluding hydrogens is 384 g/mol. The molecule has 4 N–H and O–H groups in total. The van der Waals surface area contributed by atoms with Gasteiger partial charge in [-0.15, -0.1) is 0 Å². The zero-order valence-corrected chi connectivity index (χ0v) is 16.8. The van der Waals surface area contributed by atoms with Gasteiger partial charge < -0.3 is 15.0 Å². The highest BCUT2D eigenvalue weighted by atomic mass is 16.5. The van der Waals surface area contributed by atoms with E-state index in [1.165, 1.54) is 6.92 Å². The van der Waals surface area contributed by atoms with E-state index in [0.29, 0.717) is 5.75 Å². The van der Waals surface area contributed by atoms with Gasteiger partial charge in [0, 0.05) is 30.4 Å². The van der Waals surface area contributed by atoms with E-state index >= 15 is 0 Å². The number of hydrogen-bond donors (Lipinski definition) is 4. The van der Waals surface area contributed by atoms with E-state index in [-0.39, 0.29) is 18.9 Å². The number of benzene rings is 2. The molecule has 0 aliphatic carbocycles. The third kappa shape index (κ3) is 5.38. The maximum atomic E-state index is 12.6. The van der Waals surface area contributed by atoms with Crippen molar-refractivity contribution in [3.8, 4) is 5.75 Å². The van der Waals surface area contributed by atoms with Crippen molar-refractivity contribution >= 4 is 28.6 Å². The molecule has 2 aromatic carbocycles. The van der Waals surface area contributed by atoms with E-state index in [0.717, 1.165) is 22.0 Å². The second-order valence-electron chi connectivity index (χ2n) is 6.91. The third-order valence-electron chi connectivity index (χ3n) is 4.57. The van der Waals surface area contributed by atoms with Gasteiger partial charge in [-0.3, -0.25) is 25.2 Å². The monoisotopic (exact) mass is 408 g/mol. The van der Waals surface area contributed by atoms with Crippen molar-refractivity contribution in [2.24, 2.45) is 0 Å². The number of amides is 3. The number of aromatic amines is 1. The SMILES string of the molecule is CC(=O)NC(Cc1c[nH]c2ccccc12)C(=O)NNC(=O)COc1ccccc1C. The van der Waals surface area contributed by atoms with Crippen molar-refractivity contribution in [1.29, 1.82) is 0 Å². The van der Waals surface area contributed by atoms with Crippen LogP contribution in [0.25, 0.3) is 10.9 Å². The fourth-order valence-electron chi connectivity index (χ4n) is 3.09. The molecule has 0 spiro atoms. The number of ether oxygens (including phenoxy) is 1. The van der Waals surface area contributed by atoms with Crippen LogP contribution in [0, 0.1) is 6.92 Å². The Bertz CT molecular complexity index is 1060. The maximum Gasteiger partial charge on any atom is 0.276 e. The van der Waals surface area contributed by atoms with Crippen LogP contribution in [0.4, 0.5) is 0 Å². The molecule has 1 atom stereocenters. The molecule has 30 heavy (non-hydrogen) atoms. The van der Waals surface area contributed by atoms with Crippen LogP contribution >= 0.6 is 0 Å². The van der Waals surface area contributed by atoms with Gasteiger partial charge in [0.1, 0.15) is 11.8 Å². The number of fused-ring (bicyclic) bond motifs is 1. The summed E-state index contributed by atoms with van der Waals surface area (Å²) < 4.78 is 5.45. The largest absolute Gasteiger partial charge is 0.483 e. The van der Waals surface area contributed by atoms with Crippen LogP contribution in [0.2, 0.25) is 0 Å². The summed E-state index contributed by atoms with van der Waals surface area (Å²) in [5.74, 6) is -0.793. The van der Waals surface area contributed by atoms with E-state index < -0.39 is 17.9 Å². The fraction of sp³-hybridized carbons (Fsp3) is 0.227. The molecule has 0 aliphatic heterocycles. The van der Waals surface area contributed by atoms with Gasteiger partial charge in [-0.05, 0) is 30.2 Å². The number of hydrogen-bond acceptors (Lipinski definition) is 4. The first-order valence-electron chi connectivity index (χ1n) is 9.53. The zero-order valence-electron chi connectivity index (χ0n) is 16.8. The Morgan fingerprint density at radius 2 is 1.77 bits per heavy atom. The molecule has 0 radical (unpaired) electrons. The lowest BCUT2D eigenvalue weighted by Gasteiger charge is -2.18. The van der Waals surface area contributed by atoms with Crippen LogP contribution in [-0.4, -0.2) is 35.4 Å². The molecular formula is C22H24N4O4. The molecule has 0 bridgehead atoms. The highest BCUT2D eigenvalue weighted by Crippen LogP contribution is 2.19. The van der Waals surface area contributed by atoms with Crippen molar-refractivity contribution in [2.75, 3.05) is 6.61 Å². The Balaban J connectivity index is 1.57. The maximum absolute atomic E-state index is 12.6. The number of carbonyl (C=O) groups is 3. The van der Waals surface area contributed by atoms with Crippen LogP contribution in [0.1, 0.15) is 18.1 Å². The van der Waals surface area contributed by atoms with Crippen LogP contribution < -0.4 is 20.9 Å². The average Bonchev–Trinajstić information content (AvgIpc) is 3.13. The summed E-state index contributed by atoms with van der Waals surface area (Å²) in [4.78, 5) is 39.3. The van der Waals surface area contributed by atoms with Crippen LogP contribution in [0.5, 0.6) is 5.75 Å². The van der Waals surface area contributed by atoms with E-state index in [1.807, 2.05) is 49.4 Å². The van der Waals surface area contributed by atoms with Gasteiger partial charge in [-0.2, -0.15) is 0 Å². The molecule has 8 heteroatoms. The Morgan fingerprint density at radius 3 is 2.53 bits per heavy atom. The number of rotatable bonds is 7. The summed E-state index contributed by atoms with van der Waals surface area (Å²) in [6.45, 7) is 2.96. The molecule has 0 saturated carbocycles. The number of hydrazine groups is 1. The molecule has 1 aromatic heterocycles. The lowest BCUT2D eigenvalue weighted by atomic mass is 10.0. The zero-order chi connectivity index (χ0) is 21.5. The van der Waals surface area contributed by atoms with Crippen molar-refractivity contribution in [2.45, 2.75) is 26.3 Å². The Kier molecular flexibility index (Phi) is 6.69. The number of aromatic nitrogens is 1. The summed E-state index contributed by atoms with van der Waals surface area (Å²) >= 11 is 0. The van der Waals surface area contributed by atoms with Gasteiger partial charge in [-0.25, -0.2) is 0 Å². The average molecular weight is 408 g/mol. The van der Waals surface area contributed by atoms with Crippen molar-refractivity contribution in [3.05, 3.63) is 65.9 Å². The molecule has 156 valence electrons. The highest BCUT2D eigenvalue weighted by Gasteiger charge is 2.22. The first-order valence-corrected chi connectivity index (χ1v) is 9.53.